The average molecular weight is 243 g/mol. The molecule has 1 heterocycles. The molecule has 5 heteroatoms. The van der Waals surface area contributed by atoms with Crippen molar-refractivity contribution in [2.24, 2.45) is 17.6 Å². The number of thiocarbonyl (C=S) groups is 1. The molecule has 1 fully saturated rings. The maximum Gasteiger partial charge on any atom is 0.232 e. The van der Waals surface area contributed by atoms with E-state index in [1.165, 1.54) is 0 Å². The second kappa shape index (κ2) is 5.59. The van der Waals surface area contributed by atoms with Crippen LogP contribution in [0.1, 0.15) is 13.8 Å². The predicted octanol–water partition coefficient (Wildman–Crippen LogP) is 0.319. The second-order valence-electron chi connectivity index (χ2n) is 4.75. The second-order valence-corrected chi connectivity index (χ2v) is 5.22. The van der Waals surface area contributed by atoms with Crippen molar-refractivity contribution in [2.45, 2.75) is 13.8 Å². The van der Waals surface area contributed by atoms with E-state index < -0.39 is 0 Å². The first-order chi connectivity index (χ1) is 7.43. The number of likely N-dealkylation sites (N-methyl/N-ethyl adjacent to an activating group) is 1. The van der Waals surface area contributed by atoms with Gasteiger partial charge in [-0.1, -0.05) is 26.1 Å². The van der Waals surface area contributed by atoms with Gasteiger partial charge in [0, 0.05) is 26.2 Å². The zero-order chi connectivity index (χ0) is 12.3. The molecule has 1 rings (SSSR count). The molecule has 0 aromatic carbocycles. The van der Waals surface area contributed by atoms with E-state index in [-0.39, 0.29) is 17.7 Å². The number of nitrogens with zero attached hydrogens (tertiary/aromatic N) is 2. The van der Waals surface area contributed by atoms with Crippen LogP contribution in [0.25, 0.3) is 0 Å². The molecule has 1 atom stereocenters. The van der Waals surface area contributed by atoms with Gasteiger partial charge in [-0.2, -0.15) is 0 Å². The van der Waals surface area contributed by atoms with Gasteiger partial charge in [-0.25, -0.2) is 0 Å². The van der Waals surface area contributed by atoms with Crippen molar-refractivity contribution in [3.63, 3.8) is 0 Å². The highest BCUT2D eigenvalue weighted by Crippen LogP contribution is 2.16. The number of amides is 1. The first-order valence-corrected chi connectivity index (χ1v) is 6.11. The standard InChI is InChI=1S/C11H21N3OS/c1-8(2)9(10(12)16)11(15)14-6-4-13(3)5-7-14/h8-9H,4-7H2,1-3H3,(H2,12,16). The van der Waals surface area contributed by atoms with Crippen LogP contribution in [0.5, 0.6) is 0 Å². The molecule has 1 unspecified atom stereocenters. The number of nitrogens with two attached hydrogens (primary N) is 1. The minimum atomic E-state index is -0.307. The lowest BCUT2D eigenvalue weighted by molar-refractivity contribution is -0.136. The molecule has 4 nitrogen and oxygen atoms in total. The Morgan fingerprint density at radius 2 is 1.75 bits per heavy atom. The van der Waals surface area contributed by atoms with Crippen LogP contribution < -0.4 is 5.73 Å². The molecule has 1 aliphatic rings. The van der Waals surface area contributed by atoms with E-state index in [9.17, 15) is 4.79 Å². The molecule has 1 amide bonds. The number of carbonyl (C=O) groups is 1. The minimum absolute atomic E-state index is 0.0931. The molecular weight excluding hydrogens is 222 g/mol. The molecule has 16 heavy (non-hydrogen) atoms. The van der Waals surface area contributed by atoms with Crippen molar-refractivity contribution < 1.29 is 4.79 Å². The van der Waals surface area contributed by atoms with Crippen LogP contribution in [-0.4, -0.2) is 53.9 Å². The van der Waals surface area contributed by atoms with Crippen molar-refractivity contribution in [2.75, 3.05) is 33.2 Å². The number of rotatable bonds is 3. The topological polar surface area (TPSA) is 49.6 Å². The van der Waals surface area contributed by atoms with Gasteiger partial charge in [-0.3, -0.25) is 4.79 Å². The molecule has 1 aliphatic heterocycles. The van der Waals surface area contributed by atoms with Gasteiger partial charge in [-0.05, 0) is 13.0 Å². The summed E-state index contributed by atoms with van der Waals surface area (Å²) in [5, 5.41) is 0. The first kappa shape index (κ1) is 13.4. The molecule has 0 spiro atoms. The van der Waals surface area contributed by atoms with Gasteiger partial charge in [0.15, 0.2) is 0 Å². The average Bonchev–Trinajstić information content (AvgIpc) is 2.17. The summed E-state index contributed by atoms with van der Waals surface area (Å²) in [5.74, 6) is -0.0429. The number of piperazine rings is 1. The van der Waals surface area contributed by atoms with E-state index in [4.69, 9.17) is 18.0 Å². The van der Waals surface area contributed by atoms with Gasteiger partial charge >= 0.3 is 0 Å². The molecular formula is C11H21N3OS. The third kappa shape index (κ3) is 3.15. The van der Waals surface area contributed by atoms with Gasteiger partial charge in [0.1, 0.15) is 0 Å². The molecule has 0 aliphatic carbocycles. The summed E-state index contributed by atoms with van der Waals surface area (Å²) < 4.78 is 0. The van der Waals surface area contributed by atoms with Gasteiger partial charge in [0.2, 0.25) is 5.91 Å². The summed E-state index contributed by atoms with van der Waals surface area (Å²) in [6.45, 7) is 7.37. The van der Waals surface area contributed by atoms with E-state index in [0.717, 1.165) is 26.2 Å². The maximum absolute atomic E-state index is 12.2. The molecule has 0 aromatic rings. The molecule has 0 bridgehead atoms. The third-order valence-corrected chi connectivity index (χ3v) is 3.31. The summed E-state index contributed by atoms with van der Waals surface area (Å²) in [6, 6.07) is 0. The Labute approximate surface area is 103 Å². The molecule has 0 saturated carbocycles. The van der Waals surface area contributed by atoms with Crippen molar-refractivity contribution in [1.29, 1.82) is 0 Å². The molecule has 92 valence electrons. The summed E-state index contributed by atoms with van der Waals surface area (Å²) in [7, 11) is 2.06. The smallest absolute Gasteiger partial charge is 0.232 e. The summed E-state index contributed by atoms with van der Waals surface area (Å²) >= 11 is 4.98. The van der Waals surface area contributed by atoms with E-state index in [1.54, 1.807) is 0 Å². The van der Waals surface area contributed by atoms with Crippen LogP contribution in [0.4, 0.5) is 0 Å². The largest absolute Gasteiger partial charge is 0.393 e. The van der Waals surface area contributed by atoms with Crippen LogP contribution in [0.2, 0.25) is 0 Å². The lowest BCUT2D eigenvalue weighted by atomic mass is 9.94. The Morgan fingerprint density at radius 3 is 2.12 bits per heavy atom. The van der Waals surface area contributed by atoms with Crippen LogP contribution in [0.3, 0.4) is 0 Å². The highest BCUT2D eigenvalue weighted by molar-refractivity contribution is 7.80. The zero-order valence-corrected chi connectivity index (χ0v) is 11.1. The quantitative estimate of drug-likeness (QED) is 0.725. The fourth-order valence-corrected chi connectivity index (χ4v) is 2.33. The van der Waals surface area contributed by atoms with Gasteiger partial charge in [-0.15, -0.1) is 0 Å². The van der Waals surface area contributed by atoms with E-state index in [2.05, 4.69) is 11.9 Å². The predicted molar refractivity (Wildman–Crippen MR) is 69.2 cm³/mol. The van der Waals surface area contributed by atoms with Crippen molar-refractivity contribution in [3.8, 4) is 0 Å². The fraction of sp³-hybridized carbons (Fsp3) is 0.818. The Hall–Kier alpha value is -0.680. The summed E-state index contributed by atoms with van der Waals surface area (Å²) in [4.78, 5) is 16.6. The SMILES string of the molecule is CC(C)C(C(=O)N1CCN(C)CC1)C(N)=S. The molecule has 1 saturated heterocycles. The molecule has 0 aromatic heterocycles. The summed E-state index contributed by atoms with van der Waals surface area (Å²) in [6.07, 6.45) is 0. The first-order valence-electron chi connectivity index (χ1n) is 5.70. The Balaban J connectivity index is 2.65. The highest BCUT2D eigenvalue weighted by atomic mass is 32.1. The molecule has 0 radical (unpaired) electrons. The zero-order valence-electron chi connectivity index (χ0n) is 10.3. The Morgan fingerprint density at radius 1 is 1.25 bits per heavy atom. The van der Waals surface area contributed by atoms with Crippen molar-refractivity contribution in [3.05, 3.63) is 0 Å². The Kier molecular flexibility index (Phi) is 4.68. The van der Waals surface area contributed by atoms with E-state index >= 15 is 0 Å². The Bertz CT molecular complexity index is 272. The van der Waals surface area contributed by atoms with E-state index in [0.29, 0.717) is 4.99 Å². The van der Waals surface area contributed by atoms with Crippen LogP contribution in [0.15, 0.2) is 0 Å². The molecule has 2 N–H and O–H groups in total. The lowest BCUT2D eigenvalue weighted by Gasteiger charge is -2.35. The van der Waals surface area contributed by atoms with E-state index in [1.807, 2.05) is 18.7 Å². The monoisotopic (exact) mass is 243 g/mol. The van der Waals surface area contributed by atoms with Crippen molar-refractivity contribution >= 4 is 23.1 Å². The summed E-state index contributed by atoms with van der Waals surface area (Å²) in [5.41, 5.74) is 5.65. The van der Waals surface area contributed by atoms with Crippen LogP contribution in [-0.2, 0) is 4.79 Å². The fourth-order valence-electron chi connectivity index (χ4n) is 1.96. The maximum atomic E-state index is 12.2. The third-order valence-electron chi connectivity index (χ3n) is 3.05. The van der Waals surface area contributed by atoms with Crippen LogP contribution >= 0.6 is 12.2 Å². The van der Waals surface area contributed by atoms with Crippen LogP contribution in [0, 0.1) is 11.8 Å². The van der Waals surface area contributed by atoms with Crippen molar-refractivity contribution in [1.82, 2.24) is 9.80 Å². The van der Waals surface area contributed by atoms with Gasteiger partial charge in [0.05, 0.1) is 10.9 Å². The lowest BCUT2D eigenvalue weighted by Crippen LogP contribution is -2.51. The normalized spacial score (nSPS) is 19.9. The number of hydrogen-bond acceptors (Lipinski definition) is 3. The number of hydrogen-bond donors (Lipinski definition) is 1. The van der Waals surface area contributed by atoms with Gasteiger partial charge < -0.3 is 15.5 Å². The highest BCUT2D eigenvalue weighted by Gasteiger charge is 2.30. The number of carbonyl (C=O) groups excluding carboxylic acids is 1. The van der Waals surface area contributed by atoms with Gasteiger partial charge in [0.25, 0.3) is 0 Å². The minimum Gasteiger partial charge on any atom is -0.393 e.